The Morgan fingerprint density at radius 3 is 2.71 bits per heavy atom. The Labute approximate surface area is 190 Å². The third kappa shape index (κ3) is 6.96. The van der Waals surface area contributed by atoms with Crippen molar-refractivity contribution in [3.8, 4) is 5.75 Å². The van der Waals surface area contributed by atoms with Crippen molar-refractivity contribution in [1.29, 1.82) is 0 Å². The van der Waals surface area contributed by atoms with E-state index in [1.165, 1.54) is 12.2 Å². The van der Waals surface area contributed by atoms with Gasteiger partial charge in [0.2, 0.25) is 0 Å². The van der Waals surface area contributed by atoms with E-state index in [2.05, 4.69) is 22.5 Å². The van der Waals surface area contributed by atoms with Gasteiger partial charge in [0.1, 0.15) is 12.4 Å². The van der Waals surface area contributed by atoms with Gasteiger partial charge in [-0.2, -0.15) is 11.8 Å². The summed E-state index contributed by atoms with van der Waals surface area (Å²) in [6.07, 6.45) is 1.21. The smallest absolute Gasteiger partial charge is 0.191 e. The predicted molar refractivity (Wildman–Crippen MR) is 128 cm³/mol. The summed E-state index contributed by atoms with van der Waals surface area (Å²) in [6.45, 7) is 8.83. The van der Waals surface area contributed by atoms with E-state index < -0.39 is 0 Å². The van der Waals surface area contributed by atoms with Crippen LogP contribution in [0.15, 0.2) is 35.3 Å². The number of thioether (sulfide) groups is 1. The van der Waals surface area contributed by atoms with E-state index in [1.54, 1.807) is 0 Å². The minimum atomic E-state index is 0. The first-order valence-corrected chi connectivity index (χ1v) is 11.1. The Hall–Kier alpha value is -0.710. The molecule has 1 aromatic carbocycles. The van der Waals surface area contributed by atoms with Crippen LogP contribution in [0.1, 0.15) is 13.3 Å². The maximum atomic E-state index is 5.76. The standard InChI is InChI=1S/C20H32N4O2S.HI/c1-2-21-19(22-9-12-26-18-6-4-3-5-7-18)23-16-20(8-15-27-17-20)24-10-13-25-14-11-24;/h3-7H,2,8-17H2,1H3,(H2,21,22,23);1H. The molecule has 6 nitrogen and oxygen atoms in total. The van der Waals surface area contributed by atoms with Crippen LogP contribution < -0.4 is 15.4 Å². The number of hydrogen-bond acceptors (Lipinski definition) is 5. The van der Waals surface area contributed by atoms with E-state index in [4.69, 9.17) is 14.5 Å². The number of morpholine rings is 1. The fourth-order valence-corrected chi connectivity index (χ4v) is 5.00. The van der Waals surface area contributed by atoms with Crippen molar-refractivity contribution < 1.29 is 9.47 Å². The van der Waals surface area contributed by atoms with Gasteiger partial charge in [-0.25, -0.2) is 0 Å². The van der Waals surface area contributed by atoms with Gasteiger partial charge in [-0.05, 0) is 31.2 Å². The molecule has 0 spiro atoms. The highest BCUT2D eigenvalue weighted by molar-refractivity contribution is 14.0. The Bertz CT molecular complexity index is 579. The van der Waals surface area contributed by atoms with E-state index in [9.17, 15) is 0 Å². The van der Waals surface area contributed by atoms with Crippen molar-refractivity contribution >= 4 is 41.7 Å². The Morgan fingerprint density at radius 2 is 2.04 bits per heavy atom. The summed E-state index contributed by atoms with van der Waals surface area (Å²) in [4.78, 5) is 7.53. The van der Waals surface area contributed by atoms with Crippen LogP contribution in [-0.4, -0.2) is 80.4 Å². The number of aliphatic imine (C=N–C) groups is 1. The molecule has 28 heavy (non-hydrogen) atoms. The second-order valence-electron chi connectivity index (χ2n) is 6.91. The van der Waals surface area contributed by atoms with Crippen LogP contribution in [0.3, 0.4) is 0 Å². The van der Waals surface area contributed by atoms with E-state index in [1.807, 2.05) is 42.1 Å². The van der Waals surface area contributed by atoms with Gasteiger partial charge < -0.3 is 20.1 Å². The van der Waals surface area contributed by atoms with E-state index >= 15 is 0 Å². The van der Waals surface area contributed by atoms with Gasteiger partial charge in [-0.15, -0.1) is 24.0 Å². The molecule has 2 N–H and O–H groups in total. The topological polar surface area (TPSA) is 58.1 Å². The maximum Gasteiger partial charge on any atom is 0.191 e. The quantitative estimate of drug-likeness (QED) is 0.238. The van der Waals surface area contributed by atoms with Gasteiger partial charge >= 0.3 is 0 Å². The third-order valence-electron chi connectivity index (χ3n) is 5.05. The molecule has 1 unspecified atom stereocenters. The van der Waals surface area contributed by atoms with Crippen molar-refractivity contribution in [2.24, 2.45) is 4.99 Å². The monoisotopic (exact) mass is 520 g/mol. The van der Waals surface area contributed by atoms with Gasteiger partial charge in [0.05, 0.1) is 31.8 Å². The summed E-state index contributed by atoms with van der Waals surface area (Å²) in [5.74, 6) is 4.16. The lowest BCUT2D eigenvalue weighted by atomic mass is 9.96. The van der Waals surface area contributed by atoms with E-state index in [0.717, 1.165) is 63.4 Å². The number of nitrogens with zero attached hydrogens (tertiary/aromatic N) is 2. The number of benzene rings is 1. The SMILES string of the molecule is CCNC(=NCC1(N2CCOCC2)CCSC1)NCCOc1ccccc1.I. The summed E-state index contributed by atoms with van der Waals surface area (Å²) in [7, 11) is 0. The van der Waals surface area contributed by atoms with Gasteiger partial charge in [-0.1, -0.05) is 18.2 Å². The summed E-state index contributed by atoms with van der Waals surface area (Å²) >= 11 is 2.05. The number of guanidine groups is 1. The number of halogens is 1. The fourth-order valence-electron chi connectivity index (χ4n) is 3.53. The average Bonchev–Trinajstić information content (AvgIpc) is 3.21. The predicted octanol–water partition coefficient (Wildman–Crippen LogP) is 2.45. The van der Waals surface area contributed by atoms with Crippen LogP contribution in [0, 0.1) is 0 Å². The lowest BCUT2D eigenvalue weighted by Crippen LogP contribution is -2.56. The molecule has 0 saturated carbocycles. The molecule has 2 fully saturated rings. The highest BCUT2D eigenvalue weighted by atomic mass is 127. The van der Waals surface area contributed by atoms with Gasteiger partial charge in [0.15, 0.2) is 5.96 Å². The minimum Gasteiger partial charge on any atom is -0.492 e. The molecule has 1 atom stereocenters. The van der Waals surface area contributed by atoms with Crippen molar-refractivity contribution in [3.63, 3.8) is 0 Å². The molecule has 2 aliphatic rings. The molecular formula is C20H33IN4O2S. The molecule has 0 radical (unpaired) electrons. The highest BCUT2D eigenvalue weighted by Crippen LogP contribution is 2.34. The maximum absolute atomic E-state index is 5.76. The summed E-state index contributed by atoms with van der Waals surface area (Å²) in [5, 5.41) is 6.76. The number of hydrogen-bond donors (Lipinski definition) is 2. The summed E-state index contributed by atoms with van der Waals surface area (Å²) < 4.78 is 11.3. The zero-order valence-corrected chi connectivity index (χ0v) is 19.8. The Morgan fingerprint density at radius 1 is 1.25 bits per heavy atom. The highest BCUT2D eigenvalue weighted by Gasteiger charge is 2.40. The molecule has 0 aliphatic carbocycles. The molecule has 3 rings (SSSR count). The first-order valence-electron chi connectivity index (χ1n) is 9.93. The van der Waals surface area contributed by atoms with Crippen LogP contribution in [0.5, 0.6) is 5.75 Å². The van der Waals surface area contributed by atoms with Gasteiger partial charge in [0.25, 0.3) is 0 Å². The molecular weight excluding hydrogens is 487 g/mol. The zero-order valence-electron chi connectivity index (χ0n) is 16.7. The molecule has 0 amide bonds. The summed E-state index contributed by atoms with van der Waals surface area (Å²) in [6, 6.07) is 9.91. The van der Waals surface area contributed by atoms with E-state index in [-0.39, 0.29) is 29.5 Å². The van der Waals surface area contributed by atoms with Gasteiger partial charge in [0, 0.05) is 25.4 Å². The Kier molecular flexibility index (Phi) is 10.7. The Balaban J connectivity index is 0.00000280. The second-order valence-corrected chi connectivity index (χ2v) is 8.01. The lowest BCUT2D eigenvalue weighted by molar-refractivity contribution is -0.0104. The minimum absolute atomic E-state index is 0. The molecule has 158 valence electrons. The van der Waals surface area contributed by atoms with Crippen LogP contribution in [0.2, 0.25) is 0 Å². The molecule has 2 heterocycles. The summed E-state index contributed by atoms with van der Waals surface area (Å²) in [5.41, 5.74) is 0.178. The second kappa shape index (κ2) is 12.8. The molecule has 2 aliphatic heterocycles. The van der Waals surface area contributed by atoms with E-state index in [0.29, 0.717) is 6.61 Å². The normalized spacial score (nSPS) is 23.1. The van der Waals surface area contributed by atoms with Crippen LogP contribution in [0.4, 0.5) is 0 Å². The largest absolute Gasteiger partial charge is 0.492 e. The molecule has 2 saturated heterocycles. The molecule has 8 heteroatoms. The van der Waals surface area contributed by atoms with Crippen molar-refractivity contribution in [2.75, 3.05) is 64.1 Å². The average molecular weight is 520 g/mol. The first-order chi connectivity index (χ1) is 13.3. The fraction of sp³-hybridized carbons (Fsp3) is 0.650. The number of para-hydroxylation sites is 1. The van der Waals surface area contributed by atoms with Gasteiger partial charge in [-0.3, -0.25) is 9.89 Å². The first kappa shape index (κ1) is 23.6. The molecule has 1 aromatic rings. The number of ether oxygens (including phenoxy) is 2. The van der Waals surface area contributed by atoms with Crippen molar-refractivity contribution in [2.45, 2.75) is 18.9 Å². The number of rotatable bonds is 8. The van der Waals surface area contributed by atoms with Crippen LogP contribution >= 0.6 is 35.7 Å². The third-order valence-corrected chi connectivity index (χ3v) is 6.28. The number of nitrogens with one attached hydrogen (secondary N) is 2. The van der Waals surface area contributed by atoms with Crippen molar-refractivity contribution in [1.82, 2.24) is 15.5 Å². The van der Waals surface area contributed by atoms with Crippen LogP contribution in [-0.2, 0) is 4.74 Å². The molecule has 0 bridgehead atoms. The van der Waals surface area contributed by atoms with Crippen molar-refractivity contribution in [3.05, 3.63) is 30.3 Å². The molecule has 0 aromatic heterocycles. The zero-order chi connectivity index (χ0) is 18.8. The lowest BCUT2D eigenvalue weighted by Gasteiger charge is -2.42. The van der Waals surface area contributed by atoms with Crippen LogP contribution in [0.25, 0.3) is 0 Å².